The molecule has 0 radical (unpaired) electrons. The van der Waals surface area contributed by atoms with Gasteiger partial charge in [0.2, 0.25) is 5.91 Å². The van der Waals surface area contributed by atoms with E-state index in [2.05, 4.69) is 31.0 Å². The minimum Gasteiger partial charge on any atom is -0.356 e. The van der Waals surface area contributed by atoms with E-state index in [-0.39, 0.29) is 11.9 Å². The smallest absolute Gasteiger partial charge is 0.221 e. The fourth-order valence-corrected chi connectivity index (χ4v) is 2.98. The molecule has 19 heavy (non-hydrogen) atoms. The zero-order valence-electron chi connectivity index (χ0n) is 13.0. The maximum Gasteiger partial charge on any atom is 0.221 e. The lowest BCUT2D eigenvalue weighted by molar-refractivity contribution is -0.122. The molecule has 0 aromatic heterocycles. The van der Waals surface area contributed by atoms with Crippen molar-refractivity contribution in [1.82, 2.24) is 10.2 Å². The Morgan fingerprint density at radius 1 is 1.37 bits per heavy atom. The van der Waals surface area contributed by atoms with Crippen LogP contribution in [-0.4, -0.2) is 43.0 Å². The fourth-order valence-electron chi connectivity index (χ4n) is 2.98. The van der Waals surface area contributed by atoms with E-state index in [4.69, 9.17) is 5.73 Å². The molecule has 1 aliphatic rings. The average molecular weight is 269 g/mol. The van der Waals surface area contributed by atoms with Crippen molar-refractivity contribution in [2.45, 2.75) is 53.0 Å². The van der Waals surface area contributed by atoms with E-state index in [0.29, 0.717) is 24.9 Å². The summed E-state index contributed by atoms with van der Waals surface area (Å²) in [7, 11) is 0. The molecule has 4 nitrogen and oxygen atoms in total. The lowest BCUT2D eigenvalue weighted by Gasteiger charge is -2.41. The van der Waals surface area contributed by atoms with Crippen LogP contribution in [0, 0.1) is 11.3 Å². The number of amides is 1. The quantitative estimate of drug-likeness (QED) is 0.797. The van der Waals surface area contributed by atoms with Crippen LogP contribution in [0.4, 0.5) is 0 Å². The molecule has 1 rings (SSSR count). The topological polar surface area (TPSA) is 58.4 Å². The molecule has 1 aliphatic heterocycles. The van der Waals surface area contributed by atoms with Crippen molar-refractivity contribution in [3.8, 4) is 0 Å². The lowest BCUT2D eigenvalue weighted by atomic mass is 9.75. The summed E-state index contributed by atoms with van der Waals surface area (Å²) >= 11 is 0. The van der Waals surface area contributed by atoms with E-state index in [1.165, 1.54) is 12.8 Å². The fraction of sp³-hybridized carbons (Fsp3) is 0.933. The van der Waals surface area contributed by atoms with Gasteiger partial charge in [0, 0.05) is 25.6 Å². The van der Waals surface area contributed by atoms with Crippen molar-refractivity contribution >= 4 is 5.91 Å². The molecule has 0 spiro atoms. The first-order chi connectivity index (χ1) is 8.88. The number of carbonyl (C=O) groups excluding carboxylic acids is 1. The zero-order chi connectivity index (χ0) is 14.5. The first kappa shape index (κ1) is 16.4. The summed E-state index contributed by atoms with van der Waals surface area (Å²) in [4.78, 5) is 14.1. The Morgan fingerprint density at radius 2 is 1.95 bits per heavy atom. The Bertz CT molecular complexity index is 278. The number of hydrogen-bond donors (Lipinski definition) is 2. The van der Waals surface area contributed by atoms with Crippen LogP contribution in [0.2, 0.25) is 0 Å². The molecule has 3 N–H and O–H groups in total. The van der Waals surface area contributed by atoms with Crippen molar-refractivity contribution in [1.29, 1.82) is 0 Å². The first-order valence-electron chi connectivity index (χ1n) is 7.59. The first-order valence-corrected chi connectivity index (χ1v) is 7.59. The zero-order valence-corrected chi connectivity index (χ0v) is 13.0. The highest BCUT2D eigenvalue weighted by molar-refractivity contribution is 5.76. The Hall–Kier alpha value is -0.610. The molecule has 0 aliphatic carbocycles. The second-order valence-corrected chi connectivity index (χ2v) is 6.72. The van der Waals surface area contributed by atoms with Crippen molar-refractivity contribution in [3.63, 3.8) is 0 Å². The largest absolute Gasteiger partial charge is 0.356 e. The summed E-state index contributed by atoms with van der Waals surface area (Å²) < 4.78 is 0. The summed E-state index contributed by atoms with van der Waals surface area (Å²) in [5, 5.41) is 2.86. The van der Waals surface area contributed by atoms with Gasteiger partial charge < -0.3 is 11.1 Å². The summed E-state index contributed by atoms with van der Waals surface area (Å²) in [6.45, 7) is 12.3. The van der Waals surface area contributed by atoms with E-state index in [0.717, 1.165) is 19.0 Å². The van der Waals surface area contributed by atoms with Crippen LogP contribution in [0.3, 0.4) is 0 Å². The van der Waals surface area contributed by atoms with Crippen molar-refractivity contribution in [2.24, 2.45) is 17.1 Å². The van der Waals surface area contributed by atoms with Gasteiger partial charge in [-0.1, -0.05) is 20.8 Å². The highest BCUT2D eigenvalue weighted by atomic mass is 16.1. The van der Waals surface area contributed by atoms with Crippen LogP contribution in [0.5, 0.6) is 0 Å². The average Bonchev–Trinajstić information content (AvgIpc) is 2.35. The molecule has 1 unspecified atom stereocenters. The third-order valence-corrected chi connectivity index (χ3v) is 4.34. The van der Waals surface area contributed by atoms with Gasteiger partial charge in [-0.15, -0.1) is 0 Å². The van der Waals surface area contributed by atoms with Gasteiger partial charge in [-0.3, -0.25) is 9.69 Å². The molecule has 1 fully saturated rings. The van der Waals surface area contributed by atoms with E-state index >= 15 is 0 Å². The van der Waals surface area contributed by atoms with Gasteiger partial charge >= 0.3 is 0 Å². The summed E-state index contributed by atoms with van der Waals surface area (Å²) in [6, 6.07) is 0.201. The van der Waals surface area contributed by atoms with E-state index in [1.807, 2.05) is 6.92 Å². The molecule has 1 saturated heterocycles. The van der Waals surface area contributed by atoms with Crippen LogP contribution < -0.4 is 11.1 Å². The Morgan fingerprint density at radius 3 is 2.37 bits per heavy atom. The number of nitrogens with one attached hydrogen (secondary N) is 1. The molecular formula is C15H31N3O. The number of carbonyl (C=O) groups is 1. The summed E-state index contributed by atoms with van der Waals surface area (Å²) in [5.41, 5.74) is 6.24. The molecule has 112 valence electrons. The molecule has 0 bridgehead atoms. The molecule has 1 heterocycles. The van der Waals surface area contributed by atoms with Crippen molar-refractivity contribution in [2.75, 3.05) is 26.2 Å². The second kappa shape index (κ2) is 7.25. The molecule has 1 amide bonds. The Labute approximate surface area is 118 Å². The van der Waals surface area contributed by atoms with Crippen molar-refractivity contribution < 1.29 is 4.79 Å². The minimum absolute atomic E-state index is 0.121. The molecule has 0 aromatic carbocycles. The van der Waals surface area contributed by atoms with Crippen LogP contribution >= 0.6 is 0 Å². The van der Waals surface area contributed by atoms with E-state index < -0.39 is 0 Å². The predicted molar refractivity (Wildman–Crippen MR) is 79.9 cm³/mol. The van der Waals surface area contributed by atoms with E-state index in [9.17, 15) is 4.79 Å². The number of rotatable bonds is 5. The standard InChI is InChI=1S/C15H31N3O/c1-5-17-14(19)10-13(11-16)18-8-6-12(7-9-18)15(2,3)4/h12-13H,5-11,16H2,1-4H3,(H,17,19). The SMILES string of the molecule is CCNC(=O)CC(CN)N1CCC(C(C)(C)C)CC1. The highest BCUT2D eigenvalue weighted by Crippen LogP contribution is 2.34. The third kappa shape index (κ3) is 5.11. The predicted octanol–water partition coefficient (Wildman–Crippen LogP) is 1.60. The van der Waals surface area contributed by atoms with Crippen LogP contribution in [0.1, 0.15) is 47.0 Å². The number of nitrogens with two attached hydrogens (primary N) is 1. The summed E-state index contributed by atoms with van der Waals surface area (Å²) in [5.74, 6) is 0.905. The maximum absolute atomic E-state index is 11.7. The van der Waals surface area contributed by atoms with Crippen LogP contribution in [-0.2, 0) is 4.79 Å². The van der Waals surface area contributed by atoms with Gasteiger partial charge in [0.1, 0.15) is 0 Å². The normalized spacial score (nSPS) is 20.3. The maximum atomic E-state index is 11.7. The number of hydrogen-bond acceptors (Lipinski definition) is 3. The number of piperidine rings is 1. The van der Waals surface area contributed by atoms with Crippen LogP contribution in [0.25, 0.3) is 0 Å². The lowest BCUT2D eigenvalue weighted by Crippen LogP contribution is -2.48. The highest BCUT2D eigenvalue weighted by Gasteiger charge is 2.31. The number of nitrogens with zero attached hydrogens (tertiary/aromatic N) is 1. The Balaban J connectivity index is 2.45. The van der Waals surface area contributed by atoms with Gasteiger partial charge in [-0.2, -0.15) is 0 Å². The second-order valence-electron chi connectivity index (χ2n) is 6.72. The van der Waals surface area contributed by atoms with Crippen molar-refractivity contribution in [3.05, 3.63) is 0 Å². The van der Waals surface area contributed by atoms with Gasteiger partial charge in [0.05, 0.1) is 0 Å². The molecule has 0 saturated carbocycles. The van der Waals surface area contributed by atoms with E-state index in [1.54, 1.807) is 0 Å². The third-order valence-electron chi connectivity index (χ3n) is 4.34. The molecular weight excluding hydrogens is 238 g/mol. The minimum atomic E-state index is 0.121. The number of likely N-dealkylation sites (tertiary alicyclic amines) is 1. The molecule has 1 atom stereocenters. The molecule has 0 aromatic rings. The van der Waals surface area contributed by atoms with Gasteiger partial charge in [-0.25, -0.2) is 0 Å². The van der Waals surface area contributed by atoms with Gasteiger partial charge in [0.25, 0.3) is 0 Å². The molecule has 4 heteroatoms. The monoisotopic (exact) mass is 269 g/mol. The van der Waals surface area contributed by atoms with Gasteiger partial charge in [-0.05, 0) is 44.2 Å². The summed E-state index contributed by atoms with van der Waals surface area (Å²) in [6.07, 6.45) is 2.97. The Kier molecular flexibility index (Phi) is 6.27. The van der Waals surface area contributed by atoms with Crippen LogP contribution in [0.15, 0.2) is 0 Å². The van der Waals surface area contributed by atoms with Gasteiger partial charge in [0.15, 0.2) is 0 Å².